The average Bonchev–Trinajstić information content (AvgIpc) is 2.79. The summed E-state index contributed by atoms with van der Waals surface area (Å²) < 4.78 is 0. The third kappa shape index (κ3) is 3.53. The van der Waals surface area contributed by atoms with Gasteiger partial charge in [0.15, 0.2) is 5.82 Å². The van der Waals surface area contributed by atoms with Crippen LogP contribution in [0.4, 0.5) is 0 Å². The van der Waals surface area contributed by atoms with Gasteiger partial charge in [0.05, 0.1) is 11.4 Å². The van der Waals surface area contributed by atoms with Crippen LogP contribution in [0.3, 0.4) is 0 Å². The SMILES string of the molecule is Cc1cccc(-c2cc(-c3ccccc3)nc(-c3ccc4ccccc4c3)n2)c1. The van der Waals surface area contributed by atoms with E-state index >= 15 is 0 Å². The Bertz CT molecular complexity index is 1310. The largest absolute Gasteiger partial charge is 0.228 e. The van der Waals surface area contributed by atoms with Crippen molar-refractivity contribution in [3.8, 4) is 33.9 Å². The zero-order valence-corrected chi connectivity index (χ0v) is 16.2. The summed E-state index contributed by atoms with van der Waals surface area (Å²) in [5.74, 6) is 0.744. The molecule has 0 saturated carbocycles. The Labute approximate surface area is 170 Å². The smallest absolute Gasteiger partial charge is 0.160 e. The number of aryl methyl sites for hydroxylation is 1. The van der Waals surface area contributed by atoms with E-state index in [2.05, 4.69) is 91.9 Å². The monoisotopic (exact) mass is 372 g/mol. The van der Waals surface area contributed by atoms with Crippen LogP contribution in [0.2, 0.25) is 0 Å². The molecule has 4 aromatic carbocycles. The molecule has 29 heavy (non-hydrogen) atoms. The number of hydrogen-bond acceptors (Lipinski definition) is 2. The van der Waals surface area contributed by atoms with Crippen LogP contribution in [-0.2, 0) is 0 Å². The minimum absolute atomic E-state index is 0.744. The fraction of sp³-hybridized carbons (Fsp3) is 0.0370. The van der Waals surface area contributed by atoms with Gasteiger partial charge in [-0.2, -0.15) is 0 Å². The van der Waals surface area contributed by atoms with Gasteiger partial charge in [-0.1, -0.05) is 90.5 Å². The predicted molar refractivity (Wildman–Crippen MR) is 121 cm³/mol. The molecule has 0 radical (unpaired) electrons. The van der Waals surface area contributed by atoms with Gasteiger partial charge in [-0.05, 0) is 35.9 Å². The summed E-state index contributed by atoms with van der Waals surface area (Å²) in [5, 5.41) is 2.41. The Morgan fingerprint density at radius 3 is 1.97 bits per heavy atom. The Morgan fingerprint density at radius 2 is 1.17 bits per heavy atom. The molecule has 0 bridgehead atoms. The van der Waals surface area contributed by atoms with Crippen LogP contribution in [0, 0.1) is 6.92 Å². The maximum absolute atomic E-state index is 4.94. The highest BCUT2D eigenvalue weighted by Crippen LogP contribution is 2.29. The number of fused-ring (bicyclic) bond motifs is 1. The van der Waals surface area contributed by atoms with Crippen molar-refractivity contribution < 1.29 is 0 Å². The van der Waals surface area contributed by atoms with Crippen LogP contribution in [0.15, 0.2) is 103 Å². The number of rotatable bonds is 3. The van der Waals surface area contributed by atoms with Crippen molar-refractivity contribution in [1.29, 1.82) is 0 Å². The molecule has 0 aliphatic carbocycles. The molecule has 5 aromatic rings. The Hall–Kier alpha value is -3.78. The van der Waals surface area contributed by atoms with Crippen LogP contribution in [0.5, 0.6) is 0 Å². The lowest BCUT2D eigenvalue weighted by Gasteiger charge is -2.10. The molecule has 0 spiro atoms. The lowest BCUT2D eigenvalue weighted by Crippen LogP contribution is -1.96. The van der Waals surface area contributed by atoms with Crippen molar-refractivity contribution in [3.05, 3.63) is 109 Å². The molecule has 0 fully saturated rings. The quantitative estimate of drug-likeness (QED) is 0.343. The normalized spacial score (nSPS) is 10.9. The van der Waals surface area contributed by atoms with Crippen LogP contribution in [0.1, 0.15) is 5.56 Å². The zero-order chi connectivity index (χ0) is 19.6. The summed E-state index contributed by atoms with van der Waals surface area (Å²) in [7, 11) is 0. The highest BCUT2D eigenvalue weighted by Gasteiger charge is 2.11. The molecule has 0 saturated heterocycles. The first-order valence-corrected chi connectivity index (χ1v) is 9.77. The molecule has 1 heterocycles. The average molecular weight is 372 g/mol. The van der Waals surface area contributed by atoms with Crippen molar-refractivity contribution in [2.75, 3.05) is 0 Å². The highest BCUT2D eigenvalue weighted by atomic mass is 14.9. The number of aromatic nitrogens is 2. The molecular formula is C27H20N2. The van der Waals surface area contributed by atoms with E-state index in [1.54, 1.807) is 0 Å². The molecule has 0 aliphatic rings. The molecule has 2 nitrogen and oxygen atoms in total. The highest BCUT2D eigenvalue weighted by molar-refractivity contribution is 5.86. The summed E-state index contributed by atoms with van der Waals surface area (Å²) >= 11 is 0. The minimum atomic E-state index is 0.744. The second-order valence-corrected chi connectivity index (χ2v) is 7.26. The Kier molecular flexibility index (Phi) is 4.38. The van der Waals surface area contributed by atoms with Crippen molar-refractivity contribution in [1.82, 2.24) is 9.97 Å². The van der Waals surface area contributed by atoms with Crippen LogP contribution < -0.4 is 0 Å². The molecule has 138 valence electrons. The van der Waals surface area contributed by atoms with Gasteiger partial charge < -0.3 is 0 Å². The van der Waals surface area contributed by atoms with E-state index in [1.807, 2.05) is 18.2 Å². The van der Waals surface area contributed by atoms with E-state index in [0.29, 0.717) is 0 Å². The molecule has 0 aliphatic heterocycles. The zero-order valence-electron chi connectivity index (χ0n) is 16.2. The van der Waals surface area contributed by atoms with Crippen LogP contribution >= 0.6 is 0 Å². The molecule has 0 N–H and O–H groups in total. The predicted octanol–water partition coefficient (Wildman–Crippen LogP) is 6.94. The van der Waals surface area contributed by atoms with E-state index in [4.69, 9.17) is 9.97 Å². The van der Waals surface area contributed by atoms with Crippen molar-refractivity contribution in [2.24, 2.45) is 0 Å². The third-order valence-electron chi connectivity index (χ3n) is 5.12. The molecule has 2 heteroatoms. The van der Waals surface area contributed by atoms with E-state index in [9.17, 15) is 0 Å². The molecule has 5 rings (SSSR count). The topological polar surface area (TPSA) is 25.8 Å². The van der Waals surface area contributed by atoms with Crippen LogP contribution in [-0.4, -0.2) is 9.97 Å². The fourth-order valence-corrected chi connectivity index (χ4v) is 3.61. The number of benzene rings is 4. The van der Waals surface area contributed by atoms with Gasteiger partial charge in [-0.3, -0.25) is 0 Å². The van der Waals surface area contributed by atoms with Gasteiger partial charge in [0.1, 0.15) is 0 Å². The fourth-order valence-electron chi connectivity index (χ4n) is 3.61. The van der Waals surface area contributed by atoms with E-state index in [1.165, 1.54) is 16.3 Å². The van der Waals surface area contributed by atoms with E-state index in [-0.39, 0.29) is 0 Å². The number of hydrogen-bond donors (Lipinski definition) is 0. The summed E-state index contributed by atoms with van der Waals surface area (Å²) in [6.07, 6.45) is 0. The standard InChI is InChI=1S/C27H20N2/c1-19-8-7-13-23(16-19)26-18-25(21-10-3-2-4-11-21)28-27(29-26)24-15-14-20-9-5-6-12-22(20)17-24/h2-18H,1H3. The van der Waals surface area contributed by atoms with Gasteiger partial charge in [0, 0.05) is 16.7 Å². The van der Waals surface area contributed by atoms with E-state index < -0.39 is 0 Å². The molecule has 0 amide bonds. The van der Waals surface area contributed by atoms with Crippen LogP contribution in [0.25, 0.3) is 44.7 Å². The second kappa shape index (κ2) is 7.33. The Balaban J connectivity index is 1.72. The molecular weight excluding hydrogens is 352 g/mol. The first kappa shape index (κ1) is 17.3. The van der Waals surface area contributed by atoms with Gasteiger partial charge in [-0.25, -0.2) is 9.97 Å². The second-order valence-electron chi connectivity index (χ2n) is 7.26. The lowest BCUT2D eigenvalue weighted by molar-refractivity contribution is 1.18. The van der Waals surface area contributed by atoms with Crippen molar-refractivity contribution in [3.63, 3.8) is 0 Å². The molecule has 1 aromatic heterocycles. The van der Waals surface area contributed by atoms with Gasteiger partial charge in [0.2, 0.25) is 0 Å². The van der Waals surface area contributed by atoms with Gasteiger partial charge in [0.25, 0.3) is 0 Å². The van der Waals surface area contributed by atoms with Gasteiger partial charge in [-0.15, -0.1) is 0 Å². The first-order chi connectivity index (χ1) is 14.3. The summed E-state index contributed by atoms with van der Waals surface area (Å²) in [4.78, 5) is 9.85. The van der Waals surface area contributed by atoms with Crippen molar-refractivity contribution >= 4 is 10.8 Å². The molecule has 0 atom stereocenters. The minimum Gasteiger partial charge on any atom is -0.228 e. The maximum Gasteiger partial charge on any atom is 0.160 e. The summed E-state index contributed by atoms with van der Waals surface area (Å²) in [6, 6.07) is 35.6. The van der Waals surface area contributed by atoms with Gasteiger partial charge >= 0.3 is 0 Å². The Morgan fingerprint density at radius 1 is 0.483 bits per heavy atom. The third-order valence-corrected chi connectivity index (χ3v) is 5.12. The lowest BCUT2D eigenvalue weighted by atomic mass is 10.0. The summed E-state index contributed by atoms with van der Waals surface area (Å²) in [6.45, 7) is 2.10. The maximum atomic E-state index is 4.94. The molecule has 0 unspecified atom stereocenters. The number of nitrogens with zero attached hydrogens (tertiary/aromatic N) is 2. The first-order valence-electron chi connectivity index (χ1n) is 9.77. The van der Waals surface area contributed by atoms with E-state index in [0.717, 1.165) is 33.9 Å². The summed E-state index contributed by atoms with van der Waals surface area (Å²) in [5.41, 5.74) is 6.30. The van der Waals surface area contributed by atoms with Crippen molar-refractivity contribution in [2.45, 2.75) is 6.92 Å².